The molecule has 0 N–H and O–H groups in total. The highest BCUT2D eigenvalue weighted by Gasteiger charge is 2.56. The van der Waals surface area contributed by atoms with E-state index in [1.807, 2.05) is 0 Å². The second-order valence-corrected chi connectivity index (χ2v) is 22.7. The summed E-state index contributed by atoms with van der Waals surface area (Å²) >= 11 is 0. The normalized spacial score (nSPS) is 22.3. The predicted molar refractivity (Wildman–Crippen MR) is 277 cm³/mol. The zero-order valence-corrected chi connectivity index (χ0v) is 42.3. The Kier molecular flexibility index (Phi) is 13.2. The van der Waals surface area contributed by atoms with Crippen LogP contribution in [0.3, 0.4) is 0 Å². The first-order chi connectivity index (χ1) is 31.6. The molecule has 6 heteroatoms. The lowest BCUT2D eigenvalue weighted by Gasteiger charge is -2.40. The molecule has 1 atom stereocenters. The van der Waals surface area contributed by atoms with Crippen LogP contribution in [0.4, 0.5) is 0 Å². The van der Waals surface area contributed by atoms with E-state index in [1.54, 1.807) is 16.7 Å². The van der Waals surface area contributed by atoms with Crippen molar-refractivity contribution in [1.29, 1.82) is 0 Å². The zero-order valence-electron chi connectivity index (χ0n) is 42.3. The summed E-state index contributed by atoms with van der Waals surface area (Å²) in [5.41, 5.74) is 13.1. The van der Waals surface area contributed by atoms with Crippen molar-refractivity contribution < 1.29 is 18.6 Å². The van der Waals surface area contributed by atoms with E-state index >= 15 is 0 Å². The zero-order chi connectivity index (χ0) is 46.5. The Hall–Kier alpha value is -3.67. The largest absolute Gasteiger partial charge is 0.494 e. The van der Waals surface area contributed by atoms with Crippen molar-refractivity contribution in [2.75, 3.05) is 0 Å². The molecule has 2 saturated heterocycles. The van der Waals surface area contributed by atoms with Gasteiger partial charge in [0, 0.05) is 11.3 Å². The number of rotatable bonds is 18. The Morgan fingerprint density at radius 1 is 0.485 bits per heavy atom. The van der Waals surface area contributed by atoms with E-state index in [4.69, 9.17) is 18.6 Å². The molecule has 1 unspecified atom stereocenters. The molecule has 4 aromatic carbocycles. The lowest BCUT2D eigenvalue weighted by Crippen LogP contribution is -2.41. The summed E-state index contributed by atoms with van der Waals surface area (Å²) in [6, 6.07) is 37.6. The highest BCUT2D eigenvalue weighted by atomic mass is 16.7. The summed E-state index contributed by atoms with van der Waals surface area (Å²) in [6.07, 6.45) is 22.1. The first-order valence-electron chi connectivity index (χ1n) is 26.2. The van der Waals surface area contributed by atoms with E-state index in [0.717, 1.165) is 17.3 Å². The van der Waals surface area contributed by atoms with Crippen LogP contribution in [-0.4, -0.2) is 36.6 Å². The van der Waals surface area contributed by atoms with Gasteiger partial charge in [0.1, 0.15) is 0 Å². The summed E-state index contributed by atoms with van der Waals surface area (Å²) in [4.78, 5) is 0. The summed E-state index contributed by atoms with van der Waals surface area (Å²) < 4.78 is 26.4. The van der Waals surface area contributed by atoms with E-state index in [2.05, 4.69) is 172 Å². The molecule has 66 heavy (non-hydrogen) atoms. The minimum Gasteiger partial charge on any atom is -0.399 e. The number of benzene rings is 4. The molecule has 2 aliphatic heterocycles. The van der Waals surface area contributed by atoms with Crippen molar-refractivity contribution in [3.05, 3.63) is 148 Å². The van der Waals surface area contributed by atoms with Gasteiger partial charge in [0.05, 0.1) is 27.8 Å². The van der Waals surface area contributed by atoms with Crippen molar-refractivity contribution in [3.8, 4) is 0 Å². The molecule has 0 amide bonds. The van der Waals surface area contributed by atoms with Gasteiger partial charge in [0.25, 0.3) is 0 Å². The molecule has 4 nitrogen and oxygen atoms in total. The summed E-state index contributed by atoms with van der Waals surface area (Å²) in [6.45, 7) is 21.7. The Morgan fingerprint density at radius 2 is 0.909 bits per heavy atom. The van der Waals surface area contributed by atoms with E-state index in [1.165, 1.54) is 123 Å². The van der Waals surface area contributed by atoms with Crippen LogP contribution in [0.15, 0.2) is 114 Å². The topological polar surface area (TPSA) is 36.9 Å². The van der Waals surface area contributed by atoms with Crippen LogP contribution in [0.25, 0.3) is 5.57 Å². The molecule has 0 bridgehead atoms. The molecule has 2 fully saturated rings. The highest BCUT2D eigenvalue weighted by molar-refractivity contribution is 6.62. The maximum absolute atomic E-state index is 6.60. The van der Waals surface area contributed by atoms with Gasteiger partial charge >= 0.3 is 14.2 Å². The minimum absolute atomic E-state index is 0.0600. The van der Waals surface area contributed by atoms with Crippen LogP contribution in [0, 0.1) is 0 Å². The third kappa shape index (κ3) is 8.06. The Bertz CT molecular complexity index is 2290. The molecule has 9 rings (SSSR count). The average molecular weight is 885 g/mol. The van der Waals surface area contributed by atoms with Crippen molar-refractivity contribution in [1.82, 2.24) is 0 Å². The number of allylic oxidation sites excluding steroid dienone is 4. The van der Waals surface area contributed by atoms with Crippen LogP contribution in [0.1, 0.15) is 205 Å². The summed E-state index contributed by atoms with van der Waals surface area (Å²) in [7, 11) is -0.849. The van der Waals surface area contributed by atoms with Gasteiger partial charge < -0.3 is 18.6 Å². The van der Waals surface area contributed by atoms with Crippen LogP contribution in [-0.2, 0) is 29.4 Å². The van der Waals surface area contributed by atoms with E-state index in [9.17, 15) is 0 Å². The van der Waals surface area contributed by atoms with Crippen molar-refractivity contribution in [3.63, 3.8) is 0 Å². The van der Waals surface area contributed by atoms with Crippen molar-refractivity contribution in [2.24, 2.45) is 0 Å². The number of hydrogen-bond acceptors (Lipinski definition) is 4. The van der Waals surface area contributed by atoms with Gasteiger partial charge in [-0.1, -0.05) is 200 Å². The van der Waals surface area contributed by atoms with Gasteiger partial charge in [-0.15, -0.1) is 0 Å². The Balaban J connectivity index is 1.19. The van der Waals surface area contributed by atoms with Crippen molar-refractivity contribution >= 4 is 30.7 Å². The van der Waals surface area contributed by atoms with Crippen LogP contribution >= 0.6 is 0 Å². The highest BCUT2D eigenvalue weighted by Crippen LogP contribution is 2.65. The first-order valence-corrected chi connectivity index (χ1v) is 26.2. The SMILES string of the molecule is CCCCCCCCC1(CCCCCCCC)C2=CC3=C(CC2c2ccccc21)C(c1ccc(B2OC(C)(C)C(C)(C)O2)cc1)(c1ccc(B2OC(C)(C)C(C)(C)O2)cc1)c1ccccc13. The number of hydrogen-bond donors (Lipinski definition) is 0. The molecular weight excluding hydrogens is 806 g/mol. The standard InChI is InChI=1S/C60H78B2O4/c1-11-13-15-17-19-25-39-59(40-26-20-18-16-14-12-2)51-29-23-21-27-47(51)49-42-54-50(41-53(49)59)48-28-22-24-30-52(48)60(54,43-31-35-45(36-32-43)61-63-55(3,4)56(5,6)64-61)44-33-37-46(38-34-44)62-65-57(7,8)58(9,10)66-62/h21-24,27-38,41,49H,11-20,25-26,39-40,42H2,1-10H3. The van der Waals surface area contributed by atoms with Gasteiger partial charge in [-0.25, -0.2) is 0 Å². The summed E-state index contributed by atoms with van der Waals surface area (Å²) in [5, 5.41) is 0. The lowest BCUT2D eigenvalue weighted by molar-refractivity contribution is 0.00578. The van der Waals surface area contributed by atoms with Gasteiger partial charge in [-0.2, -0.15) is 0 Å². The average Bonchev–Trinajstić information content (AvgIpc) is 3.91. The Labute approximate surface area is 400 Å². The molecule has 4 aromatic rings. The molecule has 0 aromatic heterocycles. The fraction of sp³-hybridized carbons (Fsp3) is 0.533. The molecule has 5 aliphatic rings. The third-order valence-corrected chi connectivity index (χ3v) is 17.5. The fourth-order valence-corrected chi connectivity index (χ4v) is 12.4. The number of fused-ring (bicyclic) bond motifs is 5. The van der Waals surface area contributed by atoms with E-state index in [0.29, 0.717) is 5.92 Å². The Morgan fingerprint density at radius 3 is 1.39 bits per heavy atom. The molecule has 0 saturated carbocycles. The van der Waals surface area contributed by atoms with E-state index < -0.39 is 42.1 Å². The van der Waals surface area contributed by atoms with Gasteiger partial charge in [-0.05, 0) is 130 Å². The molecule has 2 heterocycles. The van der Waals surface area contributed by atoms with Crippen LogP contribution < -0.4 is 10.9 Å². The molecule has 3 aliphatic carbocycles. The monoisotopic (exact) mass is 885 g/mol. The van der Waals surface area contributed by atoms with Crippen LogP contribution in [0.2, 0.25) is 0 Å². The van der Waals surface area contributed by atoms with Gasteiger partial charge in [0.2, 0.25) is 0 Å². The number of unbranched alkanes of at least 4 members (excludes halogenated alkanes) is 10. The molecule has 0 spiro atoms. The van der Waals surface area contributed by atoms with Gasteiger partial charge in [0.15, 0.2) is 0 Å². The molecular formula is C60H78B2O4. The lowest BCUT2D eigenvalue weighted by atomic mass is 9.62. The molecule has 0 radical (unpaired) electrons. The third-order valence-electron chi connectivity index (χ3n) is 17.5. The summed E-state index contributed by atoms with van der Waals surface area (Å²) in [5.74, 6) is 0.335. The van der Waals surface area contributed by atoms with Crippen LogP contribution in [0.5, 0.6) is 0 Å². The fourth-order valence-electron chi connectivity index (χ4n) is 12.4. The maximum atomic E-state index is 6.60. The maximum Gasteiger partial charge on any atom is 0.494 e. The van der Waals surface area contributed by atoms with Gasteiger partial charge in [-0.3, -0.25) is 0 Å². The minimum atomic E-state index is -0.518. The van der Waals surface area contributed by atoms with E-state index in [-0.39, 0.29) is 5.41 Å². The quantitative estimate of drug-likeness (QED) is 0.0737. The second kappa shape index (κ2) is 18.3. The molecule has 348 valence electrons. The predicted octanol–water partition coefficient (Wildman–Crippen LogP) is 14.3. The first kappa shape index (κ1) is 47.4. The van der Waals surface area contributed by atoms with Crippen molar-refractivity contribution in [2.45, 2.75) is 205 Å². The second-order valence-electron chi connectivity index (χ2n) is 22.7. The smallest absolute Gasteiger partial charge is 0.399 e.